The van der Waals surface area contributed by atoms with Gasteiger partial charge in [-0.1, -0.05) is 48.5 Å². The van der Waals surface area contributed by atoms with Crippen molar-refractivity contribution in [2.75, 3.05) is 0 Å². The van der Waals surface area contributed by atoms with Gasteiger partial charge in [-0.15, -0.1) is 0 Å². The number of para-hydroxylation sites is 1. The Morgan fingerprint density at radius 2 is 1.59 bits per heavy atom. The van der Waals surface area contributed by atoms with E-state index in [1.54, 1.807) is 6.26 Å². The van der Waals surface area contributed by atoms with Crippen LogP contribution in [0.2, 0.25) is 0 Å². The highest BCUT2D eigenvalue weighted by Crippen LogP contribution is 2.28. The van der Waals surface area contributed by atoms with Gasteiger partial charge in [0.05, 0.1) is 12.3 Å². The second-order valence-electron chi connectivity index (χ2n) is 4.08. The highest BCUT2D eigenvalue weighted by molar-refractivity contribution is 5.81. The predicted molar refractivity (Wildman–Crippen MR) is 68.7 cm³/mol. The van der Waals surface area contributed by atoms with Gasteiger partial charge in [0.15, 0.2) is 0 Å². The molecule has 1 atom stereocenters. The number of hydrogen-bond donors (Lipinski definition) is 1. The first kappa shape index (κ1) is 10.1. The van der Waals surface area contributed by atoms with Gasteiger partial charge in [0.2, 0.25) is 0 Å². The Hall–Kier alpha value is -2.06. The predicted octanol–water partition coefficient (Wildman–Crippen LogP) is 3.48. The molecule has 2 heteroatoms. The summed E-state index contributed by atoms with van der Waals surface area (Å²) in [7, 11) is 0. The Labute approximate surface area is 99.7 Å². The molecule has 1 heterocycles. The first-order valence-corrected chi connectivity index (χ1v) is 5.63. The Morgan fingerprint density at radius 3 is 2.41 bits per heavy atom. The number of benzene rings is 2. The molecule has 0 amide bonds. The molecule has 0 aliphatic heterocycles. The molecule has 0 radical (unpaired) electrons. The van der Waals surface area contributed by atoms with Gasteiger partial charge >= 0.3 is 0 Å². The molecule has 0 saturated heterocycles. The summed E-state index contributed by atoms with van der Waals surface area (Å²) >= 11 is 0. The lowest BCUT2D eigenvalue weighted by Crippen LogP contribution is -2.10. The largest absolute Gasteiger partial charge is 0.464 e. The van der Waals surface area contributed by atoms with Crippen LogP contribution in [0.1, 0.15) is 17.2 Å². The first-order valence-electron chi connectivity index (χ1n) is 5.63. The van der Waals surface area contributed by atoms with Crippen molar-refractivity contribution in [3.8, 4) is 0 Å². The van der Waals surface area contributed by atoms with Gasteiger partial charge in [-0.25, -0.2) is 0 Å². The molecule has 0 aliphatic carbocycles. The van der Waals surface area contributed by atoms with Crippen LogP contribution in [-0.4, -0.2) is 0 Å². The maximum absolute atomic E-state index is 6.27. The van der Waals surface area contributed by atoms with Crippen LogP contribution in [0.25, 0.3) is 11.0 Å². The first-order chi connectivity index (χ1) is 8.36. The van der Waals surface area contributed by atoms with E-state index >= 15 is 0 Å². The van der Waals surface area contributed by atoms with Crippen LogP contribution in [0.15, 0.2) is 65.3 Å². The Bertz CT molecular complexity index is 627. The molecule has 0 fully saturated rings. The average Bonchev–Trinajstić information content (AvgIpc) is 2.83. The molecule has 17 heavy (non-hydrogen) atoms. The molecule has 0 spiro atoms. The maximum Gasteiger partial charge on any atom is 0.134 e. The van der Waals surface area contributed by atoms with Crippen molar-refractivity contribution in [2.24, 2.45) is 5.73 Å². The van der Waals surface area contributed by atoms with E-state index < -0.39 is 0 Å². The lowest BCUT2D eigenvalue weighted by molar-refractivity contribution is 0.607. The molecule has 0 saturated carbocycles. The van der Waals surface area contributed by atoms with Crippen LogP contribution < -0.4 is 5.73 Å². The molecule has 84 valence electrons. The van der Waals surface area contributed by atoms with E-state index in [4.69, 9.17) is 10.2 Å². The minimum Gasteiger partial charge on any atom is -0.464 e. The van der Waals surface area contributed by atoms with Gasteiger partial charge in [0.1, 0.15) is 5.58 Å². The summed E-state index contributed by atoms with van der Waals surface area (Å²) in [5, 5.41) is 1.09. The zero-order chi connectivity index (χ0) is 11.7. The second-order valence-corrected chi connectivity index (χ2v) is 4.08. The van der Waals surface area contributed by atoms with Gasteiger partial charge in [-0.2, -0.15) is 0 Å². The molecule has 3 rings (SSSR count). The fourth-order valence-corrected chi connectivity index (χ4v) is 2.08. The molecule has 2 aromatic carbocycles. The summed E-state index contributed by atoms with van der Waals surface area (Å²) < 4.78 is 5.51. The molecule has 0 aliphatic rings. The van der Waals surface area contributed by atoms with E-state index in [0.29, 0.717) is 0 Å². The average molecular weight is 223 g/mol. The van der Waals surface area contributed by atoms with Crippen molar-refractivity contribution >= 4 is 11.0 Å². The number of rotatable bonds is 2. The molecule has 2 N–H and O–H groups in total. The number of fused-ring (bicyclic) bond motifs is 1. The fourth-order valence-electron chi connectivity index (χ4n) is 2.08. The summed E-state index contributed by atoms with van der Waals surface area (Å²) in [6.07, 6.45) is 1.75. The fraction of sp³-hybridized carbons (Fsp3) is 0.0667. The van der Waals surface area contributed by atoms with E-state index in [2.05, 4.69) is 0 Å². The van der Waals surface area contributed by atoms with Crippen LogP contribution >= 0.6 is 0 Å². The van der Waals surface area contributed by atoms with Gasteiger partial charge in [0, 0.05) is 10.9 Å². The van der Waals surface area contributed by atoms with Crippen molar-refractivity contribution < 1.29 is 4.42 Å². The van der Waals surface area contributed by atoms with Crippen molar-refractivity contribution in [1.29, 1.82) is 0 Å². The lowest BCUT2D eigenvalue weighted by Gasteiger charge is -2.10. The van der Waals surface area contributed by atoms with Crippen molar-refractivity contribution in [3.05, 3.63) is 72.0 Å². The summed E-state index contributed by atoms with van der Waals surface area (Å²) in [6.45, 7) is 0. The van der Waals surface area contributed by atoms with E-state index in [9.17, 15) is 0 Å². The van der Waals surface area contributed by atoms with Gasteiger partial charge in [-0.3, -0.25) is 0 Å². The number of hydrogen-bond acceptors (Lipinski definition) is 2. The highest BCUT2D eigenvalue weighted by atomic mass is 16.3. The van der Waals surface area contributed by atoms with Gasteiger partial charge in [0.25, 0.3) is 0 Å². The van der Waals surface area contributed by atoms with Crippen molar-refractivity contribution in [2.45, 2.75) is 6.04 Å². The summed E-state index contributed by atoms with van der Waals surface area (Å²) in [5.41, 5.74) is 9.28. The van der Waals surface area contributed by atoms with Gasteiger partial charge in [-0.05, 0) is 11.6 Å². The summed E-state index contributed by atoms with van der Waals surface area (Å²) in [4.78, 5) is 0. The molecule has 0 bridgehead atoms. The summed E-state index contributed by atoms with van der Waals surface area (Å²) in [6, 6.07) is 17.9. The minimum atomic E-state index is -0.139. The van der Waals surface area contributed by atoms with E-state index in [1.807, 2.05) is 54.6 Å². The van der Waals surface area contributed by atoms with Crippen LogP contribution in [0.3, 0.4) is 0 Å². The normalized spacial score (nSPS) is 12.8. The molecule has 1 aromatic heterocycles. The third-order valence-electron chi connectivity index (χ3n) is 3.00. The monoisotopic (exact) mass is 223 g/mol. The van der Waals surface area contributed by atoms with Crippen molar-refractivity contribution in [3.63, 3.8) is 0 Å². The molecule has 2 nitrogen and oxygen atoms in total. The topological polar surface area (TPSA) is 39.2 Å². The standard InChI is InChI=1S/C15H13NO/c16-15(11-6-2-1-3-7-11)13-10-17-14-9-5-4-8-12(13)14/h1-10,15H,16H2. The Balaban J connectivity index is 2.10. The molecular formula is C15H13NO. The Kier molecular flexibility index (Phi) is 2.42. The van der Waals surface area contributed by atoms with Gasteiger partial charge < -0.3 is 10.2 Å². The molecule has 3 aromatic rings. The molecule has 1 unspecified atom stereocenters. The third-order valence-corrected chi connectivity index (χ3v) is 3.00. The quantitative estimate of drug-likeness (QED) is 0.722. The highest BCUT2D eigenvalue weighted by Gasteiger charge is 2.14. The van der Waals surface area contributed by atoms with E-state index in [-0.39, 0.29) is 6.04 Å². The number of nitrogens with two attached hydrogens (primary N) is 1. The second kappa shape index (κ2) is 4.07. The van der Waals surface area contributed by atoms with Crippen LogP contribution in [-0.2, 0) is 0 Å². The van der Waals surface area contributed by atoms with Crippen molar-refractivity contribution in [1.82, 2.24) is 0 Å². The lowest BCUT2D eigenvalue weighted by atomic mass is 9.99. The smallest absolute Gasteiger partial charge is 0.134 e. The van der Waals surface area contributed by atoms with E-state index in [1.165, 1.54) is 0 Å². The van der Waals surface area contributed by atoms with Crippen LogP contribution in [0.4, 0.5) is 0 Å². The number of furan rings is 1. The third kappa shape index (κ3) is 1.73. The zero-order valence-corrected chi connectivity index (χ0v) is 9.34. The SMILES string of the molecule is NC(c1ccccc1)c1coc2ccccc12. The molecular weight excluding hydrogens is 210 g/mol. The maximum atomic E-state index is 6.27. The van der Waals surface area contributed by atoms with E-state index in [0.717, 1.165) is 22.1 Å². The zero-order valence-electron chi connectivity index (χ0n) is 9.34. The minimum absolute atomic E-state index is 0.139. The van der Waals surface area contributed by atoms with Crippen LogP contribution in [0.5, 0.6) is 0 Å². The Morgan fingerprint density at radius 1 is 0.882 bits per heavy atom. The summed E-state index contributed by atoms with van der Waals surface area (Å²) in [5.74, 6) is 0. The van der Waals surface area contributed by atoms with Crippen LogP contribution in [0, 0.1) is 0 Å².